The fourth-order valence-corrected chi connectivity index (χ4v) is 5.17. The van der Waals surface area contributed by atoms with Gasteiger partial charge in [0.15, 0.2) is 11.5 Å². The monoisotopic (exact) mass is 388 g/mol. The number of halogens is 2. The number of fused-ring (bicyclic) bond motifs is 1. The zero-order valence-corrected chi connectivity index (χ0v) is 14.2. The van der Waals surface area contributed by atoms with Gasteiger partial charge in [-0.2, -0.15) is 0 Å². The van der Waals surface area contributed by atoms with Gasteiger partial charge in [0.05, 0.1) is 0 Å². The molecule has 0 saturated heterocycles. The summed E-state index contributed by atoms with van der Waals surface area (Å²) in [5.74, 6) is 3.21. The third kappa shape index (κ3) is 2.66. The van der Waals surface area contributed by atoms with E-state index in [1.54, 1.807) is 0 Å². The number of rotatable bonds is 2. The van der Waals surface area contributed by atoms with Crippen molar-refractivity contribution < 1.29 is 9.47 Å². The van der Waals surface area contributed by atoms with E-state index in [1.165, 1.54) is 24.8 Å². The predicted molar refractivity (Wildman–Crippen MR) is 83.3 cm³/mol. The van der Waals surface area contributed by atoms with Gasteiger partial charge in [0.1, 0.15) is 13.2 Å². The third-order valence-electron chi connectivity index (χ3n) is 4.26. The highest BCUT2D eigenvalue weighted by molar-refractivity contribution is 9.11. The first-order valence-corrected chi connectivity index (χ1v) is 8.61. The minimum atomic E-state index is 0.384. The van der Waals surface area contributed by atoms with Crippen LogP contribution in [0.25, 0.3) is 0 Å². The molecule has 0 spiro atoms. The van der Waals surface area contributed by atoms with E-state index in [1.807, 2.05) is 6.07 Å². The van der Waals surface area contributed by atoms with E-state index in [0.717, 1.165) is 21.9 Å². The fraction of sp³-hybridized carbons (Fsp3) is 0.600. The van der Waals surface area contributed by atoms with Crippen LogP contribution in [0.4, 0.5) is 0 Å². The molecule has 3 unspecified atom stereocenters. The molecule has 1 aliphatic carbocycles. The van der Waals surface area contributed by atoms with E-state index in [2.05, 4.69) is 44.8 Å². The Morgan fingerprint density at radius 2 is 1.84 bits per heavy atom. The second-order valence-corrected chi connectivity index (χ2v) is 7.33. The molecule has 19 heavy (non-hydrogen) atoms. The Morgan fingerprint density at radius 1 is 1.16 bits per heavy atom. The molecule has 4 heteroatoms. The van der Waals surface area contributed by atoms with E-state index >= 15 is 0 Å². The largest absolute Gasteiger partial charge is 0.486 e. The van der Waals surface area contributed by atoms with Gasteiger partial charge in [-0.1, -0.05) is 51.6 Å². The van der Waals surface area contributed by atoms with Crippen LogP contribution in [0.15, 0.2) is 16.6 Å². The summed E-state index contributed by atoms with van der Waals surface area (Å²) in [6.07, 6.45) is 3.99. The Labute approximate surface area is 131 Å². The minimum Gasteiger partial charge on any atom is -0.486 e. The molecule has 0 aromatic heterocycles. The number of ether oxygens (including phenoxy) is 2. The smallest absolute Gasteiger partial charge is 0.162 e. The van der Waals surface area contributed by atoms with E-state index in [4.69, 9.17) is 9.47 Å². The Bertz CT molecular complexity index is 475. The first-order chi connectivity index (χ1) is 9.16. The van der Waals surface area contributed by atoms with Crippen LogP contribution in [0, 0.1) is 11.8 Å². The fourth-order valence-electron chi connectivity index (χ4n) is 3.13. The molecule has 1 aromatic rings. The average Bonchev–Trinajstić information content (AvgIpc) is 2.83. The lowest BCUT2D eigenvalue weighted by Crippen LogP contribution is -2.16. The van der Waals surface area contributed by atoms with Crippen molar-refractivity contribution in [1.82, 2.24) is 0 Å². The Balaban J connectivity index is 1.91. The van der Waals surface area contributed by atoms with Crippen molar-refractivity contribution in [3.05, 3.63) is 22.2 Å². The first kappa shape index (κ1) is 13.7. The first-order valence-electron chi connectivity index (χ1n) is 6.90. The quantitative estimate of drug-likeness (QED) is 0.655. The van der Waals surface area contributed by atoms with E-state index in [-0.39, 0.29) is 0 Å². The van der Waals surface area contributed by atoms with Gasteiger partial charge in [0.2, 0.25) is 0 Å². The highest BCUT2D eigenvalue weighted by atomic mass is 79.9. The SMILES string of the molecule is CC1CCCC1C(Br)c1cc2c(cc1Br)OCCO2. The molecule has 0 amide bonds. The van der Waals surface area contributed by atoms with Gasteiger partial charge in [-0.3, -0.25) is 0 Å². The number of alkyl halides is 1. The van der Waals surface area contributed by atoms with Gasteiger partial charge in [-0.15, -0.1) is 0 Å². The lowest BCUT2D eigenvalue weighted by atomic mass is 9.90. The topological polar surface area (TPSA) is 18.5 Å². The van der Waals surface area contributed by atoms with Crippen molar-refractivity contribution in [3.8, 4) is 11.5 Å². The second-order valence-electron chi connectivity index (χ2n) is 5.49. The molecule has 0 radical (unpaired) electrons. The maximum Gasteiger partial charge on any atom is 0.162 e. The molecular weight excluding hydrogens is 372 g/mol. The highest BCUT2D eigenvalue weighted by Gasteiger charge is 2.32. The summed E-state index contributed by atoms with van der Waals surface area (Å²) in [6.45, 7) is 3.63. The number of hydrogen-bond acceptors (Lipinski definition) is 2. The van der Waals surface area contributed by atoms with Crippen molar-refractivity contribution in [1.29, 1.82) is 0 Å². The molecule has 0 N–H and O–H groups in total. The zero-order chi connectivity index (χ0) is 13.4. The molecule has 1 heterocycles. The average molecular weight is 390 g/mol. The lowest BCUT2D eigenvalue weighted by Gasteiger charge is -2.25. The molecule has 0 bridgehead atoms. The molecule has 2 nitrogen and oxygen atoms in total. The van der Waals surface area contributed by atoms with E-state index in [0.29, 0.717) is 24.0 Å². The third-order valence-corrected chi connectivity index (χ3v) is 6.12. The van der Waals surface area contributed by atoms with Gasteiger partial charge >= 0.3 is 0 Å². The van der Waals surface area contributed by atoms with Crippen molar-refractivity contribution in [3.63, 3.8) is 0 Å². The van der Waals surface area contributed by atoms with Crippen LogP contribution >= 0.6 is 31.9 Å². The standard InChI is InChI=1S/C15H18Br2O2/c1-9-3-2-4-10(9)15(17)11-7-13-14(8-12(11)16)19-6-5-18-13/h7-10,15H,2-6H2,1H3. The Kier molecular flexibility index (Phi) is 4.08. The summed E-state index contributed by atoms with van der Waals surface area (Å²) in [6, 6.07) is 4.17. The van der Waals surface area contributed by atoms with Crippen LogP contribution in [0.1, 0.15) is 36.6 Å². The molecule has 1 saturated carbocycles. The van der Waals surface area contributed by atoms with Crippen molar-refractivity contribution >= 4 is 31.9 Å². The summed E-state index contributed by atoms with van der Waals surface area (Å²) in [5, 5.41) is 0. The van der Waals surface area contributed by atoms with Gasteiger partial charge < -0.3 is 9.47 Å². The van der Waals surface area contributed by atoms with Gasteiger partial charge in [-0.25, -0.2) is 0 Å². The maximum atomic E-state index is 5.69. The highest BCUT2D eigenvalue weighted by Crippen LogP contribution is 2.48. The molecule has 1 fully saturated rings. The zero-order valence-electron chi connectivity index (χ0n) is 11.0. The van der Waals surface area contributed by atoms with Gasteiger partial charge in [0, 0.05) is 9.30 Å². The number of hydrogen-bond donors (Lipinski definition) is 0. The summed E-state index contributed by atoms with van der Waals surface area (Å²) in [4.78, 5) is 0.384. The molecular formula is C15H18Br2O2. The second kappa shape index (κ2) is 5.65. The molecule has 3 atom stereocenters. The van der Waals surface area contributed by atoms with Crippen LogP contribution < -0.4 is 9.47 Å². The van der Waals surface area contributed by atoms with Crippen LogP contribution in [0.2, 0.25) is 0 Å². The summed E-state index contributed by atoms with van der Waals surface area (Å²) in [7, 11) is 0. The minimum absolute atomic E-state index is 0.384. The molecule has 3 rings (SSSR count). The maximum absolute atomic E-state index is 5.69. The van der Waals surface area contributed by atoms with E-state index in [9.17, 15) is 0 Å². The summed E-state index contributed by atoms with van der Waals surface area (Å²) in [5.41, 5.74) is 1.28. The molecule has 1 aromatic carbocycles. The van der Waals surface area contributed by atoms with Crippen molar-refractivity contribution in [2.24, 2.45) is 11.8 Å². The molecule has 2 aliphatic rings. The van der Waals surface area contributed by atoms with Crippen LogP contribution in [-0.2, 0) is 0 Å². The Hall–Kier alpha value is -0.220. The molecule has 1 aliphatic heterocycles. The molecule has 104 valence electrons. The van der Waals surface area contributed by atoms with Crippen molar-refractivity contribution in [2.45, 2.75) is 31.0 Å². The normalized spacial score (nSPS) is 27.3. The number of benzene rings is 1. The summed E-state index contributed by atoms with van der Waals surface area (Å²) >= 11 is 7.58. The summed E-state index contributed by atoms with van der Waals surface area (Å²) < 4.78 is 12.4. The van der Waals surface area contributed by atoms with Crippen LogP contribution in [-0.4, -0.2) is 13.2 Å². The predicted octanol–water partition coefficient (Wildman–Crippen LogP) is 5.09. The lowest BCUT2D eigenvalue weighted by molar-refractivity contribution is 0.171. The van der Waals surface area contributed by atoms with E-state index < -0.39 is 0 Å². The van der Waals surface area contributed by atoms with Gasteiger partial charge in [0.25, 0.3) is 0 Å². The van der Waals surface area contributed by atoms with Crippen LogP contribution in [0.5, 0.6) is 11.5 Å². The van der Waals surface area contributed by atoms with Crippen LogP contribution in [0.3, 0.4) is 0 Å². The van der Waals surface area contributed by atoms with Crippen molar-refractivity contribution in [2.75, 3.05) is 13.2 Å². The van der Waals surface area contributed by atoms with Gasteiger partial charge in [-0.05, 0) is 36.0 Å². The Morgan fingerprint density at radius 3 is 2.47 bits per heavy atom.